The number of carbonyl (C=O) groups excluding carboxylic acids is 2. The summed E-state index contributed by atoms with van der Waals surface area (Å²) in [5.74, 6) is -0.636. The number of ether oxygens (including phenoxy) is 1. The lowest BCUT2D eigenvalue weighted by Crippen LogP contribution is -2.18. The number of hydrogen-bond donors (Lipinski definition) is 0. The number of fused-ring (bicyclic) bond motifs is 1. The summed E-state index contributed by atoms with van der Waals surface area (Å²) in [5.41, 5.74) is 1.58. The van der Waals surface area contributed by atoms with E-state index in [1.807, 2.05) is 6.92 Å². The van der Waals surface area contributed by atoms with Crippen molar-refractivity contribution < 1.29 is 14.3 Å². The second-order valence-corrected chi connectivity index (χ2v) is 4.31. The van der Waals surface area contributed by atoms with Crippen molar-refractivity contribution in [3.63, 3.8) is 0 Å². The summed E-state index contributed by atoms with van der Waals surface area (Å²) in [7, 11) is 1.62. The molecule has 19 heavy (non-hydrogen) atoms. The molecule has 0 aliphatic carbocycles. The van der Waals surface area contributed by atoms with Gasteiger partial charge in [0.15, 0.2) is 0 Å². The predicted molar refractivity (Wildman–Crippen MR) is 70.2 cm³/mol. The van der Waals surface area contributed by atoms with Gasteiger partial charge in [0.2, 0.25) is 0 Å². The van der Waals surface area contributed by atoms with E-state index in [1.54, 1.807) is 25.4 Å². The number of nitrogens with zero attached hydrogens (tertiary/aromatic N) is 2. The summed E-state index contributed by atoms with van der Waals surface area (Å²) in [4.78, 5) is 29.1. The van der Waals surface area contributed by atoms with Gasteiger partial charge in [0, 0.05) is 24.9 Å². The number of unbranched alkanes of at least 4 members (excludes halogenated alkanes) is 1. The molecule has 0 N–H and O–H groups in total. The van der Waals surface area contributed by atoms with Crippen LogP contribution in [-0.2, 0) is 9.53 Å². The number of hydrogen-bond acceptors (Lipinski definition) is 4. The molecule has 0 fully saturated rings. The standard InChI is InChI=1S/C14H16N2O3/c1-3-4-8-19-12(17)9-11-10-6-5-7-15-13(10)14(18)16(11)2/h5-7,9H,3-4,8H2,1-2H3/b11-9+. The Morgan fingerprint density at radius 1 is 1.53 bits per heavy atom. The predicted octanol–water partition coefficient (Wildman–Crippen LogP) is 1.85. The van der Waals surface area contributed by atoms with Gasteiger partial charge in [0.1, 0.15) is 5.69 Å². The Morgan fingerprint density at radius 3 is 3.05 bits per heavy atom. The van der Waals surface area contributed by atoms with Crippen LogP contribution in [0.5, 0.6) is 0 Å². The SMILES string of the molecule is CCCCOC(=O)/C=C1\c2cccnc2C(=O)N1C. The molecule has 0 unspecified atom stereocenters. The van der Waals surface area contributed by atoms with Crippen LogP contribution in [0.25, 0.3) is 5.70 Å². The van der Waals surface area contributed by atoms with Gasteiger partial charge in [-0.05, 0) is 18.6 Å². The monoisotopic (exact) mass is 260 g/mol. The summed E-state index contributed by atoms with van der Waals surface area (Å²) in [6.45, 7) is 2.42. The molecule has 2 heterocycles. The Kier molecular flexibility index (Phi) is 3.94. The molecular formula is C14H16N2O3. The molecule has 1 aromatic heterocycles. The number of esters is 1. The quantitative estimate of drug-likeness (QED) is 0.471. The highest BCUT2D eigenvalue weighted by Gasteiger charge is 2.31. The third-order valence-electron chi connectivity index (χ3n) is 2.95. The number of amides is 1. The Morgan fingerprint density at radius 2 is 2.32 bits per heavy atom. The summed E-state index contributed by atoms with van der Waals surface area (Å²) in [6, 6.07) is 3.51. The molecule has 1 aliphatic rings. The van der Waals surface area contributed by atoms with Gasteiger partial charge >= 0.3 is 5.97 Å². The smallest absolute Gasteiger partial charge is 0.332 e. The van der Waals surface area contributed by atoms with Crippen LogP contribution in [0.4, 0.5) is 0 Å². The van der Waals surface area contributed by atoms with Crippen LogP contribution in [0.2, 0.25) is 0 Å². The normalized spacial score (nSPS) is 15.8. The highest BCUT2D eigenvalue weighted by atomic mass is 16.5. The Bertz CT molecular complexity index is 537. The molecule has 0 bridgehead atoms. The minimum Gasteiger partial charge on any atom is -0.462 e. The third kappa shape index (κ3) is 2.65. The first-order valence-electron chi connectivity index (χ1n) is 6.27. The van der Waals surface area contributed by atoms with Gasteiger partial charge in [0.05, 0.1) is 12.3 Å². The van der Waals surface area contributed by atoms with Gasteiger partial charge in [-0.15, -0.1) is 0 Å². The maximum atomic E-state index is 11.9. The van der Waals surface area contributed by atoms with Gasteiger partial charge in [-0.25, -0.2) is 4.79 Å². The van der Waals surface area contributed by atoms with Crippen molar-refractivity contribution in [3.05, 3.63) is 35.7 Å². The zero-order valence-electron chi connectivity index (χ0n) is 11.0. The molecule has 5 heteroatoms. The number of pyridine rings is 1. The van der Waals surface area contributed by atoms with Crippen molar-refractivity contribution in [2.24, 2.45) is 0 Å². The average Bonchev–Trinajstić information content (AvgIpc) is 2.65. The molecule has 1 aliphatic heterocycles. The molecular weight excluding hydrogens is 244 g/mol. The number of rotatable bonds is 4. The first-order chi connectivity index (χ1) is 9.15. The van der Waals surface area contributed by atoms with Crippen molar-refractivity contribution >= 4 is 17.6 Å². The largest absolute Gasteiger partial charge is 0.462 e. The highest BCUT2D eigenvalue weighted by Crippen LogP contribution is 2.29. The fourth-order valence-electron chi connectivity index (χ4n) is 1.88. The lowest BCUT2D eigenvalue weighted by atomic mass is 10.2. The van der Waals surface area contributed by atoms with Crippen molar-refractivity contribution in [3.8, 4) is 0 Å². The molecule has 1 amide bonds. The lowest BCUT2D eigenvalue weighted by Gasteiger charge is -2.10. The molecule has 100 valence electrons. The van der Waals surface area contributed by atoms with Crippen LogP contribution in [0, 0.1) is 0 Å². The molecule has 0 aromatic carbocycles. The van der Waals surface area contributed by atoms with Crippen molar-refractivity contribution in [1.29, 1.82) is 0 Å². The molecule has 0 atom stereocenters. The minimum atomic E-state index is -0.431. The number of carbonyl (C=O) groups is 2. The second-order valence-electron chi connectivity index (χ2n) is 4.31. The Labute approximate surface area is 111 Å². The van der Waals surface area contributed by atoms with Crippen LogP contribution < -0.4 is 0 Å². The first-order valence-corrected chi connectivity index (χ1v) is 6.27. The van der Waals surface area contributed by atoms with E-state index in [1.165, 1.54) is 11.0 Å². The maximum Gasteiger partial charge on any atom is 0.332 e. The molecule has 0 saturated carbocycles. The maximum absolute atomic E-state index is 11.9. The van der Waals surface area contributed by atoms with Gasteiger partial charge < -0.3 is 9.64 Å². The van der Waals surface area contributed by atoms with E-state index >= 15 is 0 Å². The molecule has 1 aromatic rings. The zero-order chi connectivity index (χ0) is 13.8. The molecule has 2 rings (SSSR count). The highest BCUT2D eigenvalue weighted by molar-refractivity contribution is 6.10. The summed E-state index contributed by atoms with van der Waals surface area (Å²) >= 11 is 0. The average molecular weight is 260 g/mol. The lowest BCUT2D eigenvalue weighted by molar-refractivity contribution is -0.137. The van der Waals surface area contributed by atoms with Crippen LogP contribution in [0.3, 0.4) is 0 Å². The van der Waals surface area contributed by atoms with Gasteiger partial charge in [-0.3, -0.25) is 9.78 Å². The van der Waals surface area contributed by atoms with E-state index in [-0.39, 0.29) is 5.91 Å². The first kappa shape index (κ1) is 13.3. The van der Waals surface area contributed by atoms with E-state index in [0.717, 1.165) is 12.8 Å². The Hall–Kier alpha value is -2.17. The van der Waals surface area contributed by atoms with E-state index < -0.39 is 5.97 Å². The fraction of sp³-hybridized carbons (Fsp3) is 0.357. The number of aromatic nitrogens is 1. The third-order valence-corrected chi connectivity index (χ3v) is 2.95. The van der Waals surface area contributed by atoms with Crippen molar-refractivity contribution in [2.75, 3.05) is 13.7 Å². The summed E-state index contributed by atoms with van der Waals surface area (Å²) in [5, 5.41) is 0. The van der Waals surface area contributed by atoms with Crippen LogP contribution >= 0.6 is 0 Å². The molecule has 0 radical (unpaired) electrons. The van der Waals surface area contributed by atoms with Crippen LogP contribution in [-0.4, -0.2) is 35.4 Å². The fourth-order valence-corrected chi connectivity index (χ4v) is 1.88. The van der Waals surface area contributed by atoms with Crippen molar-refractivity contribution in [2.45, 2.75) is 19.8 Å². The molecule has 0 saturated heterocycles. The topological polar surface area (TPSA) is 59.5 Å². The van der Waals surface area contributed by atoms with Gasteiger partial charge in [0.25, 0.3) is 5.91 Å². The minimum absolute atomic E-state index is 0.205. The van der Waals surface area contributed by atoms with E-state index in [4.69, 9.17) is 4.74 Å². The van der Waals surface area contributed by atoms with Gasteiger partial charge in [-0.1, -0.05) is 13.3 Å². The van der Waals surface area contributed by atoms with Gasteiger partial charge in [-0.2, -0.15) is 0 Å². The van der Waals surface area contributed by atoms with E-state index in [2.05, 4.69) is 4.98 Å². The van der Waals surface area contributed by atoms with Crippen LogP contribution in [0.1, 0.15) is 35.8 Å². The second kappa shape index (κ2) is 5.65. The molecule has 5 nitrogen and oxygen atoms in total. The summed E-state index contributed by atoms with van der Waals surface area (Å²) < 4.78 is 5.07. The summed E-state index contributed by atoms with van der Waals surface area (Å²) in [6.07, 6.45) is 4.71. The molecule has 0 spiro atoms. The van der Waals surface area contributed by atoms with Crippen LogP contribution in [0.15, 0.2) is 24.4 Å². The van der Waals surface area contributed by atoms with Crippen molar-refractivity contribution in [1.82, 2.24) is 9.88 Å². The van der Waals surface area contributed by atoms with E-state index in [9.17, 15) is 9.59 Å². The van der Waals surface area contributed by atoms with E-state index in [0.29, 0.717) is 23.6 Å². The zero-order valence-corrected chi connectivity index (χ0v) is 11.0. The Balaban J connectivity index is 2.20.